The number of carbonyl (C=O) groups is 1. The van der Waals surface area contributed by atoms with Crippen LogP contribution < -0.4 is 14.9 Å². The molecule has 0 fully saturated rings. The Morgan fingerprint density at radius 2 is 1.85 bits per heavy atom. The van der Waals surface area contributed by atoms with Gasteiger partial charge in [-0.3, -0.25) is 4.79 Å². The number of hydrogen-bond acceptors (Lipinski definition) is 5. The van der Waals surface area contributed by atoms with Crippen LogP contribution in [0.4, 0.5) is 0 Å². The van der Waals surface area contributed by atoms with E-state index in [9.17, 15) is 4.79 Å². The number of ether oxygens (including phenoxy) is 2. The number of amides is 1. The summed E-state index contributed by atoms with van der Waals surface area (Å²) in [6, 6.07) is 27.4. The maximum Gasteiger partial charge on any atom is 0.271 e. The first-order valence-electron chi connectivity index (χ1n) is 12.6. The zero-order valence-corrected chi connectivity index (χ0v) is 22.1. The largest absolute Gasteiger partial charge is 0.490 e. The van der Waals surface area contributed by atoms with Crippen molar-refractivity contribution in [3.8, 4) is 34.5 Å². The third kappa shape index (κ3) is 6.43. The number of allylic oxidation sites excluding steroid dienone is 1. The number of benzene rings is 3. The van der Waals surface area contributed by atoms with Gasteiger partial charge in [-0.1, -0.05) is 36.4 Å². The van der Waals surface area contributed by atoms with Gasteiger partial charge in [0.25, 0.3) is 5.91 Å². The summed E-state index contributed by atoms with van der Waals surface area (Å²) in [6.07, 6.45) is 3.81. The number of aromatic nitrogens is 1. The number of hydrazone groups is 1. The molecule has 4 aromatic rings. The van der Waals surface area contributed by atoms with Gasteiger partial charge < -0.3 is 14.0 Å². The zero-order valence-electron chi connectivity index (χ0n) is 22.1. The Kier molecular flexibility index (Phi) is 8.94. The van der Waals surface area contributed by atoms with Gasteiger partial charge in [-0.05, 0) is 79.9 Å². The average Bonchev–Trinajstić information content (AvgIpc) is 3.34. The van der Waals surface area contributed by atoms with Crippen LogP contribution in [0.15, 0.2) is 96.6 Å². The number of nitrogens with zero attached hydrogens (tertiary/aromatic N) is 3. The number of rotatable bonds is 11. The number of nitrogens with one attached hydrogen (secondary N) is 1. The Morgan fingerprint density at radius 3 is 2.54 bits per heavy atom. The predicted octanol–water partition coefficient (Wildman–Crippen LogP) is 6.25. The maximum atomic E-state index is 12.8. The lowest BCUT2D eigenvalue weighted by Gasteiger charge is -2.15. The maximum absolute atomic E-state index is 12.8. The Hall–Kier alpha value is -5.09. The lowest BCUT2D eigenvalue weighted by molar-refractivity contribution is 0.0955. The number of hydrogen-bond donors (Lipinski definition) is 1. The Labute approximate surface area is 228 Å². The highest BCUT2D eigenvalue weighted by Crippen LogP contribution is 2.33. The smallest absolute Gasteiger partial charge is 0.271 e. The summed E-state index contributed by atoms with van der Waals surface area (Å²) in [5, 5.41) is 13.1. The van der Waals surface area contributed by atoms with E-state index in [1.54, 1.807) is 30.5 Å². The third-order valence-electron chi connectivity index (χ3n) is 6.01. The molecule has 1 aromatic heterocycles. The summed E-state index contributed by atoms with van der Waals surface area (Å²) < 4.78 is 13.5. The average molecular weight is 519 g/mol. The van der Waals surface area contributed by atoms with Crippen LogP contribution in [0, 0.1) is 18.3 Å². The van der Waals surface area contributed by atoms with E-state index in [2.05, 4.69) is 52.9 Å². The SMILES string of the molecule is C=CCc1cc(/C=N/NC(=O)c2ccc(-n3c(C)ccc3-c3ccccc3)cc2)cc(OCC)c1OCC#N. The second-order valence-electron chi connectivity index (χ2n) is 8.69. The van der Waals surface area contributed by atoms with Crippen molar-refractivity contribution < 1.29 is 14.3 Å². The van der Waals surface area contributed by atoms with E-state index >= 15 is 0 Å². The minimum Gasteiger partial charge on any atom is -0.490 e. The summed E-state index contributed by atoms with van der Waals surface area (Å²) in [5.41, 5.74) is 8.88. The van der Waals surface area contributed by atoms with Crippen molar-refractivity contribution in [2.24, 2.45) is 5.10 Å². The van der Waals surface area contributed by atoms with Gasteiger partial charge in [0, 0.05) is 22.5 Å². The van der Waals surface area contributed by atoms with Crippen molar-refractivity contribution in [1.82, 2.24) is 9.99 Å². The topological polar surface area (TPSA) is 88.6 Å². The summed E-state index contributed by atoms with van der Waals surface area (Å²) in [5.74, 6) is 0.689. The van der Waals surface area contributed by atoms with Gasteiger partial charge in [-0.15, -0.1) is 6.58 Å². The fourth-order valence-corrected chi connectivity index (χ4v) is 4.30. The van der Waals surface area contributed by atoms with E-state index in [-0.39, 0.29) is 12.5 Å². The molecule has 0 aliphatic heterocycles. The van der Waals surface area contributed by atoms with Crippen molar-refractivity contribution in [3.63, 3.8) is 0 Å². The van der Waals surface area contributed by atoms with Crippen LogP contribution in [0.25, 0.3) is 16.9 Å². The van der Waals surface area contributed by atoms with Crippen LogP contribution in [-0.4, -0.2) is 29.9 Å². The summed E-state index contributed by atoms with van der Waals surface area (Å²) in [6.45, 7) is 8.06. The molecule has 0 spiro atoms. The minimum atomic E-state index is -0.323. The molecule has 0 unspecified atom stereocenters. The number of aryl methyl sites for hydroxylation is 1. The van der Waals surface area contributed by atoms with Crippen molar-refractivity contribution in [2.45, 2.75) is 20.3 Å². The molecule has 196 valence electrons. The van der Waals surface area contributed by atoms with Crippen LogP contribution >= 0.6 is 0 Å². The van der Waals surface area contributed by atoms with E-state index in [0.717, 1.165) is 28.2 Å². The van der Waals surface area contributed by atoms with Crippen LogP contribution in [0.3, 0.4) is 0 Å². The van der Waals surface area contributed by atoms with Gasteiger partial charge in [0.1, 0.15) is 6.07 Å². The minimum absolute atomic E-state index is 0.0933. The Balaban J connectivity index is 1.50. The molecular weight excluding hydrogens is 488 g/mol. The molecule has 0 aliphatic carbocycles. The first-order valence-corrected chi connectivity index (χ1v) is 12.6. The molecule has 0 saturated carbocycles. The summed E-state index contributed by atoms with van der Waals surface area (Å²) in [4.78, 5) is 12.8. The molecule has 0 bridgehead atoms. The molecule has 0 saturated heterocycles. The molecule has 0 aliphatic rings. The van der Waals surface area contributed by atoms with Gasteiger partial charge in [-0.2, -0.15) is 10.4 Å². The molecule has 7 heteroatoms. The molecule has 39 heavy (non-hydrogen) atoms. The first kappa shape index (κ1) is 27.0. The number of carbonyl (C=O) groups excluding carboxylic acids is 1. The Morgan fingerprint density at radius 1 is 1.08 bits per heavy atom. The molecule has 0 atom stereocenters. The molecule has 1 amide bonds. The van der Waals surface area contributed by atoms with Crippen molar-refractivity contribution in [3.05, 3.63) is 114 Å². The molecule has 0 radical (unpaired) electrons. The fourth-order valence-electron chi connectivity index (χ4n) is 4.30. The fraction of sp³-hybridized carbons (Fsp3) is 0.156. The van der Waals surface area contributed by atoms with E-state index in [1.807, 2.05) is 49.4 Å². The molecule has 4 rings (SSSR count). The van der Waals surface area contributed by atoms with Gasteiger partial charge in [0.15, 0.2) is 18.1 Å². The van der Waals surface area contributed by atoms with Gasteiger partial charge in [0.05, 0.1) is 18.5 Å². The van der Waals surface area contributed by atoms with Crippen LogP contribution in [0.2, 0.25) is 0 Å². The Bertz CT molecular complexity index is 1510. The van der Waals surface area contributed by atoms with E-state index in [1.165, 1.54) is 0 Å². The van der Waals surface area contributed by atoms with Crippen molar-refractivity contribution in [1.29, 1.82) is 5.26 Å². The zero-order chi connectivity index (χ0) is 27.6. The second kappa shape index (κ2) is 12.9. The van der Waals surface area contributed by atoms with Crippen molar-refractivity contribution >= 4 is 12.1 Å². The molecule has 7 nitrogen and oxygen atoms in total. The lowest BCUT2D eigenvalue weighted by Crippen LogP contribution is -2.17. The van der Waals surface area contributed by atoms with Crippen molar-refractivity contribution in [2.75, 3.05) is 13.2 Å². The van der Waals surface area contributed by atoms with E-state index < -0.39 is 0 Å². The van der Waals surface area contributed by atoms with Gasteiger partial charge in [0.2, 0.25) is 0 Å². The third-order valence-corrected chi connectivity index (χ3v) is 6.01. The highest BCUT2D eigenvalue weighted by molar-refractivity contribution is 5.95. The van der Waals surface area contributed by atoms with Gasteiger partial charge >= 0.3 is 0 Å². The van der Waals surface area contributed by atoms with E-state index in [0.29, 0.717) is 35.7 Å². The first-order chi connectivity index (χ1) is 19.0. The second-order valence-corrected chi connectivity index (χ2v) is 8.69. The van der Waals surface area contributed by atoms with Gasteiger partial charge in [-0.25, -0.2) is 5.43 Å². The molecular formula is C32H30N4O3. The quantitative estimate of drug-likeness (QED) is 0.144. The standard InChI is InChI=1S/C32H30N4O3/c1-4-9-27-20-24(21-30(38-5-2)31(27)39-19-18-33)22-34-35-32(37)26-13-15-28(16-14-26)36-23(3)12-17-29(36)25-10-7-6-8-11-25/h4,6-8,10-17,20-22H,1,5,9,19H2,2-3H3,(H,35,37)/b34-22+. The number of nitriles is 1. The lowest BCUT2D eigenvalue weighted by atomic mass is 10.1. The normalized spacial score (nSPS) is 10.7. The monoisotopic (exact) mass is 518 g/mol. The molecule has 1 heterocycles. The van der Waals surface area contributed by atoms with Crippen LogP contribution in [0.5, 0.6) is 11.5 Å². The van der Waals surface area contributed by atoms with Crippen LogP contribution in [0.1, 0.15) is 34.1 Å². The summed E-state index contributed by atoms with van der Waals surface area (Å²) >= 11 is 0. The van der Waals surface area contributed by atoms with E-state index in [4.69, 9.17) is 14.7 Å². The predicted molar refractivity (Wildman–Crippen MR) is 154 cm³/mol. The summed E-state index contributed by atoms with van der Waals surface area (Å²) in [7, 11) is 0. The highest BCUT2D eigenvalue weighted by atomic mass is 16.5. The van der Waals surface area contributed by atoms with Crippen LogP contribution in [-0.2, 0) is 6.42 Å². The molecule has 1 N–H and O–H groups in total. The highest BCUT2D eigenvalue weighted by Gasteiger charge is 2.14. The molecule has 3 aromatic carbocycles.